The van der Waals surface area contributed by atoms with Gasteiger partial charge in [0.1, 0.15) is 27.4 Å². The molecule has 1 atom stereocenters. The van der Waals surface area contributed by atoms with E-state index in [-0.39, 0.29) is 13.1 Å². The number of halogens is 3. The molecule has 1 saturated heterocycles. The molecule has 0 saturated carbocycles. The summed E-state index contributed by atoms with van der Waals surface area (Å²) < 4.78 is 31.7. The van der Waals surface area contributed by atoms with E-state index in [0.717, 1.165) is 10.0 Å². The fourth-order valence-corrected chi connectivity index (χ4v) is 4.91. The summed E-state index contributed by atoms with van der Waals surface area (Å²) in [5, 5.41) is 11.0. The normalized spacial score (nSPS) is 19.6. The predicted octanol–water partition coefficient (Wildman–Crippen LogP) is 4.11. The Kier molecular flexibility index (Phi) is 4.30. The Morgan fingerprint density at radius 1 is 1.28 bits per heavy atom. The van der Waals surface area contributed by atoms with Gasteiger partial charge in [-0.25, -0.2) is 13.8 Å². The summed E-state index contributed by atoms with van der Waals surface area (Å²) in [4.78, 5) is 10.8. The molecule has 0 spiro atoms. The Bertz CT molecular complexity index is 1240. The van der Waals surface area contributed by atoms with Crippen LogP contribution >= 0.6 is 22.9 Å². The number of nitrogens with zero attached hydrogens (tertiary/aromatic N) is 6. The highest BCUT2D eigenvalue weighted by Gasteiger charge is 2.49. The average Bonchev–Trinajstić information content (AvgIpc) is 3.29. The molecule has 0 bridgehead atoms. The molecule has 0 aliphatic carbocycles. The molecule has 1 unspecified atom stereocenters. The van der Waals surface area contributed by atoms with Gasteiger partial charge in [-0.15, -0.1) is 21.5 Å². The van der Waals surface area contributed by atoms with E-state index in [9.17, 15) is 8.78 Å². The van der Waals surface area contributed by atoms with Gasteiger partial charge >= 0.3 is 0 Å². The van der Waals surface area contributed by atoms with E-state index in [1.807, 2.05) is 6.92 Å². The van der Waals surface area contributed by atoms with Crippen LogP contribution in [0.3, 0.4) is 0 Å². The number of likely N-dealkylation sites (N-methyl/N-ethyl adjacent to an activating group) is 1. The first kappa shape index (κ1) is 18.8. The summed E-state index contributed by atoms with van der Waals surface area (Å²) in [6.45, 7) is 1.80. The quantitative estimate of drug-likeness (QED) is 0.485. The van der Waals surface area contributed by atoms with E-state index in [4.69, 9.17) is 11.6 Å². The maximum Gasteiger partial charge on any atom is 0.282 e. The van der Waals surface area contributed by atoms with Crippen LogP contribution in [0.1, 0.15) is 21.9 Å². The van der Waals surface area contributed by atoms with Crippen molar-refractivity contribution >= 4 is 44.9 Å². The molecule has 10 heteroatoms. The zero-order valence-corrected chi connectivity index (χ0v) is 17.3. The minimum absolute atomic E-state index is 0.227. The summed E-state index contributed by atoms with van der Waals surface area (Å²) in [7, 11) is 1.71. The lowest BCUT2D eigenvalue weighted by molar-refractivity contribution is -0.0200. The number of alkyl halides is 2. The molecular formula is C19H17ClF2N6S. The van der Waals surface area contributed by atoms with Crippen molar-refractivity contribution in [2.45, 2.75) is 25.3 Å². The van der Waals surface area contributed by atoms with E-state index >= 15 is 0 Å². The highest BCUT2D eigenvalue weighted by molar-refractivity contribution is 7.11. The van der Waals surface area contributed by atoms with Crippen molar-refractivity contribution in [1.82, 2.24) is 29.6 Å². The standard InChI is InChI=1S/C19H17ClF2N6S/c1-10-25-26-17(29-10)6-16-24-14-7-23-13-4-3-11(20)5-12(13)18(14)28(16)15-8-27(2)9-19(15,21)22/h3-5,7,15H,6,8-9H2,1-2H3. The van der Waals surface area contributed by atoms with E-state index in [0.29, 0.717) is 39.2 Å². The second-order valence-corrected chi connectivity index (χ2v) is 9.12. The number of benzene rings is 1. The third-order valence-corrected chi connectivity index (χ3v) is 6.27. The van der Waals surface area contributed by atoms with Crippen molar-refractivity contribution in [2.24, 2.45) is 0 Å². The minimum atomic E-state index is -2.89. The smallest absolute Gasteiger partial charge is 0.282 e. The lowest BCUT2D eigenvalue weighted by atomic mass is 10.1. The summed E-state index contributed by atoms with van der Waals surface area (Å²) in [5.74, 6) is -2.35. The molecule has 5 rings (SSSR count). The zero-order valence-electron chi connectivity index (χ0n) is 15.7. The van der Waals surface area contributed by atoms with Gasteiger partial charge in [0.25, 0.3) is 5.92 Å². The van der Waals surface area contributed by atoms with Crippen LogP contribution in [0.2, 0.25) is 5.02 Å². The third-order valence-electron chi connectivity index (χ3n) is 5.19. The Balaban J connectivity index is 1.79. The summed E-state index contributed by atoms with van der Waals surface area (Å²) in [6, 6.07) is 4.26. The number of aromatic nitrogens is 5. The first-order valence-corrected chi connectivity index (χ1v) is 10.3. The lowest BCUT2D eigenvalue weighted by Crippen LogP contribution is -2.30. The molecule has 3 aromatic heterocycles. The third kappa shape index (κ3) is 3.17. The van der Waals surface area contributed by atoms with Crippen LogP contribution < -0.4 is 0 Å². The van der Waals surface area contributed by atoms with Crippen LogP contribution in [0.25, 0.3) is 21.9 Å². The summed E-state index contributed by atoms with van der Waals surface area (Å²) in [5.41, 5.74) is 1.89. The predicted molar refractivity (Wildman–Crippen MR) is 109 cm³/mol. The first-order chi connectivity index (χ1) is 13.8. The molecule has 150 valence electrons. The number of imidazole rings is 1. The average molecular weight is 435 g/mol. The van der Waals surface area contributed by atoms with Crippen LogP contribution in [0.4, 0.5) is 8.78 Å². The number of fused-ring (bicyclic) bond motifs is 3. The van der Waals surface area contributed by atoms with Gasteiger partial charge in [-0.05, 0) is 32.2 Å². The zero-order chi connectivity index (χ0) is 20.3. The second kappa shape index (κ2) is 6.65. The molecule has 0 radical (unpaired) electrons. The van der Waals surface area contributed by atoms with Gasteiger partial charge in [0.15, 0.2) is 0 Å². The maximum absolute atomic E-state index is 15.0. The Morgan fingerprint density at radius 2 is 2.10 bits per heavy atom. The van der Waals surface area contributed by atoms with Gasteiger partial charge in [-0.3, -0.25) is 9.88 Å². The van der Waals surface area contributed by atoms with Crippen molar-refractivity contribution in [3.8, 4) is 0 Å². The molecule has 4 aromatic rings. The monoisotopic (exact) mass is 434 g/mol. The lowest BCUT2D eigenvalue weighted by Gasteiger charge is -2.22. The van der Waals surface area contributed by atoms with Crippen molar-refractivity contribution in [1.29, 1.82) is 0 Å². The van der Waals surface area contributed by atoms with E-state index < -0.39 is 12.0 Å². The van der Waals surface area contributed by atoms with Gasteiger partial charge in [0, 0.05) is 17.0 Å². The maximum atomic E-state index is 15.0. The van der Waals surface area contributed by atoms with Crippen molar-refractivity contribution < 1.29 is 8.78 Å². The van der Waals surface area contributed by atoms with Crippen molar-refractivity contribution in [3.63, 3.8) is 0 Å². The molecule has 1 aliphatic rings. The van der Waals surface area contributed by atoms with Crippen molar-refractivity contribution in [3.05, 3.63) is 45.3 Å². The molecule has 0 amide bonds. The SMILES string of the molecule is Cc1nnc(Cc2nc3cnc4ccc(Cl)cc4c3n2C2CN(C)CC2(F)F)s1. The van der Waals surface area contributed by atoms with E-state index in [1.54, 1.807) is 40.9 Å². The fraction of sp³-hybridized carbons (Fsp3) is 0.368. The number of likely N-dealkylation sites (tertiary alicyclic amines) is 1. The highest BCUT2D eigenvalue weighted by Crippen LogP contribution is 2.40. The molecule has 6 nitrogen and oxygen atoms in total. The van der Waals surface area contributed by atoms with Gasteiger partial charge in [-0.2, -0.15) is 0 Å². The molecular weight excluding hydrogens is 418 g/mol. The van der Waals surface area contributed by atoms with Crippen LogP contribution in [0, 0.1) is 6.92 Å². The number of rotatable bonds is 3. The number of hydrogen-bond donors (Lipinski definition) is 0. The van der Waals surface area contributed by atoms with Crippen LogP contribution in [-0.2, 0) is 6.42 Å². The fourth-order valence-electron chi connectivity index (χ4n) is 4.03. The Morgan fingerprint density at radius 3 is 2.79 bits per heavy atom. The number of aryl methyl sites for hydroxylation is 1. The van der Waals surface area contributed by atoms with Crippen LogP contribution in [0.15, 0.2) is 24.4 Å². The topological polar surface area (TPSA) is 59.7 Å². The van der Waals surface area contributed by atoms with Gasteiger partial charge in [0.05, 0.1) is 30.2 Å². The van der Waals surface area contributed by atoms with Crippen LogP contribution in [-0.4, -0.2) is 55.7 Å². The van der Waals surface area contributed by atoms with Crippen LogP contribution in [0.5, 0.6) is 0 Å². The van der Waals surface area contributed by atoms with Gasteiger partial charge in [-0.1, -0.05) is 11.6 Å². The molecule has 29 heavy (non-hydrogen) atoms. The van der Waals surface area contributed by atoms with Gasteiger partial charge < -0.3 is 4.57 Å². The summed E-state index contributed by atoms with van der Waals surface area (Å²) >= 11 is 7.66. The molecule has 0 N–H and O–H groups in total. The van der Waals surface area contributed by atoms with E-state index in [2.05, 4.69) is 20.2 Å². The Hall–Kier alpha value is -2.23. The second-order valence-electron chi connectivity index (χ2n) is 7.42. The van der Waals surface area contributed by atoms with Gasteiger partial charge in [0.2, 0.25) is 0 Å². The summed E-state index contributed by atoms with van der Waals surface area (Å²) in [6.07, 6.45) is 1.96. The highest BCUT2D eigenvalue weighted by atomic mass is 35.5. The first-order valence-electron chi connectivity index (χ1n) is 9.12. The number of pyridine rings is 1. The molecule has 1 aliphatic heterocycles. The largest absolute Gasteiger partial charge is 0.316 e. The Labute approximate surface area is 174 Å². The van der Waals surface area contributed by atoms with E-state index in [1.165, 1.54) is 11.3 Å². The number of hydrogen-bond acceptors (Lipinski definition) is 6. The molecule has 1 fully saturated rings. The van der Waals surface area contributed by atoms with Crippen molar-refractivity contribution in [2.75, 3.05) is 20.1 Å². The molecule has 1 aromatic carbocycles. The molecule has 4 heterocycles. The minimum Gasteiger partial charge on any atom is -0.316 e.